The molecule has 0 radical (unpaired) electrons. The standard InChI is InChI=1S/C20H21FN4O/c21-15-6-4-14(5-7-15)10-12-22-16-8-9-18-17(13-16)20(26)25(24-18)19-3-1-2-11-23-19/h1-7,11,16,22,24H,8-10,12-13H2. The highest BCUT2D eigenvalue weighted by atomic mass is 19.1. The van der Waals surface area contributed by atoms with Gasteiger partial charge >= 0.3 is 0 Å². The number of nitrogens with one attached hydrogen (secondary N) is 2. The fraction of sp³-hybridized carbons (Fsp3) is 0.300. The number of aryl methyl sites for hydroxylation is 1. The minimum atomic E-state index is -0.210. The average molecular weight is 352 g/mol. The van der Waals surface area contributed by atoms with Crippen LogP contribution in [0.5, 0.6) is 0 Å². The van der Waals surface area contributed by atoms with Gasteiger partial charge in [-0.15, -0.1) is 0 Å². The van der Waals surface area contributed by atoms with Crippen LogP contribution in [0.4, 0.5) is 4.39 Å². The van der Waals surface area contributed by atoms with Gasteiger partial charge in [0.1, 0.15) is 5.82 Å². The molecule has 3 aromatic rings. The second kappa shape index (κ2) is 7.25. The van der Waals surface area contributed by atoms with E-state index in [2.05, 4.69) is 15.4 Å². The Labute approximate surface area is 150 Å². The lowest BCUT2D eigenvalue weighted by atomic mass is 9.93. The van der Waals surface area contributed by atoms with E-state index < -0.39 is 0 Å². The van der Waals surface area contributed by atoms with Crippen molar-refractivity contribution < 1.29 is 4.39 Å². The highest BCUT2D eigenvalue weighted by molar-refractivity contribution is 5.28. The molecule has 0 bridgehead atoms. The van der Waals surface area contributed by atoms with Crippen molar-refractivity contribution in [2.24, 2.45) is 0 Å². The number of halogens is 1. The molecule has 26 heavy (non-hydrogen) atoms. The first-order valence-corrected chi connectivity index (χ1v) is 8.93. The molecule has 6 heteroatoms. The number of fused-ring (bicyclic) bond motifs is 1. The lowest BCUT2D eigenvalue weighted by Crippen LogP contribution is -2.37. The zero-order valence-electron chi connectivity index (χ0n) is 14.4. The van der Waals surface area contributed by atoms with Gasteiger partial charge in [-0.3, -0.25) is 9.89 Å². The molecule has 1 atom stereocenters. The van der Waals surface area contributed by atoms with Crippen LogP contribution in [0.2, 0.25) is 0 Å². The van der Waals surface area contributed by atoms with Gasteiger partial charge in [0.25, 0.3) is 5.56 Å². The summed E-state index contributed by atoms with van der Waals surface area (Å²) in [7, 11) is 0. The molecule has 1 aliphatic carbocycles. The molecule has 134 valence electrons. The lowest BCUT2D eigenvalue weighted by molar-refractivity contribution is 0.458. The summed E-state index contributed by atoms with van der Waals surface area (Å²) < 4.78 is 14.5. The molecular weight excluding hydrogens is 331 g/mol. The summed E-state index contributed by atoms with van der Waals surface area (Å²) in [5.74, 6) is 0.408. The van der Waals surface area contributed by atoms with Crippen LogP contribution in [0.15, 0.2) is 53.5 Å². The SMILES string of the molecule is O=c1c2c([nH]n1-c1ccccn1)CCC(NCCc1ccc(F)cc1)C2. The largest absolute Gasteiger partial charge is 0.313 e. The Morgan fingerprint density at radius 3 is 2.85 bits per heavy atom. The van der Waals surface area contributed by atoms with E-state index in [0.717, 1.165) is 42.6 Å². The van der Waals surface area contributed by atoms with Crippen LogP contribution in [-0.4, -0.2) is 27.4 Å². The molecule has 0 fully saturated rings. The van der Waals surface area contributed by atoms with E-state index in [-0.39, 0.29) is 17.4 Å². The van der Waals surface area contributed by atoms with Crippen molar-refractivity contribution in [1.29, 1.82) is 0 Å². The Kier molecular flexibility index (Phi) is 4.67. The minimum Gasteiger partial charge on any atom is -0.313 e. The molecule has 0 saturated carbocycles. The maximum atomic E-state index is 12.9. The molecule has 0 saturated heterocycles. The molecule has 5 nitrogen and oxygen atoms in total. The van der Waals surface area contributed by atoms with Crippen LogP contribution < -0.4 is 10.9 Å². The third kappa shape index (κ3) is 3.46. The molecular formula is C20H21FN4O. The van der Waals surface area contributed by atoms with Gasteiger partial charge in [0.05, 0.1) is 0 Å². The number of hydrogen-bond acceptors (Lipinski definition) is 3. The molecule has 1 unspecified atom stereocenters. The number of benzene rings is 1. The van der Waals surface area contributed by atoms with E-state index in [1.807, 2.05) is 30.3 Å². The molecule has 0 aliphatic heterocycles. The Hall–Kier alpha value is -2.73. The van der Waals surface area contributed by atoms with Crippen molar-refractivity contribution in [3.63, 3.8) is 0 Å². The highest BCUT2D eigenvalue weighted by Crippen LogP contribution is 2.18. The van der Waals surface area contributed by atoms with E-state index in [1.54, 1.807) is 6.20 Å². The summed E-state index contributed by atoms with van der Waals surface area (Å²) in [5.41, 5.74) is 2.96. The Bertz CT molecular complexity index is 931. The third-order valence-electron chi connectivity index (χ3n) is 4.90. The molecule has 0 spiro atoms. The van der Waals surface area contributed by atoms with Gasteiger partial charge in [-0.1, -0.05) is 18.2 Å². The van der Waals surface area contributed by atoms with Crippen LogP contribution in [0.25, 0.3) is 5.82 Å². The fourth-order valence-corrected chi connectivity index (χ4v) is 3.49. The fourth-order valence-electron chi connectivity index (χ4n) is 3.49. The van der Waals surface area contributed by atoms with Gasteiger partial charge in [0, 0.05) is 23.5 Å². The van der Waals surface area contributed by atoms with Crippen molar-refractivity contribution in [3.8, 4) is 5.82 Å². The number of H-pyrrole nitrogens is 1. The zero-order valence-corrected chi connectivity index (χ0v) is 14.4. The predicted octanol–water partition coefficient (Wildman–Crippen LogP) is 2.39. The first kappa shape index (κ1) is 16.7. The molecule has 4 rings (SSSR count). The van der Waals surface area contributed by atoms with Crippen LogP contribution >= 0.6 is 0 Å². The lowest BCUT2D eigenvalue weighted by Gasteiger charge is -2.22. The number of aromatic nitrogens is 3. The van der Waals surface area contributed by atoms with Crippen LogP contribution in [-0.2, 0) is 19.3 Å². The van der Waals surface area contributed by atoms with E-state index in [9.17, 15) is 9.18 Å². The second-order valence-electron chi connectivity index (χ2n) is 6.67. The van der Waals surface area contributed by atoms with E-state index >= 15 is 0 Å². The summed E-state index contributed by atoms with van der Waals surface area (Å²) in [6.07, 6.45) is 5.07. The number of pyridine rings is 1. The van der Waals surface area contributed by atoms with E-state index in [0.29, 0.717) is 12.2 Å². The van der Waals surface area contributed by atoms with Gasteiger partial charge in [-0.25, -0.2) is 14.1 Å². The second-order valence-corrected chi connectivity index (χ2v) is 6.67. The maximum absolute atomic E-state index is 12.9. The predicted molar refractivity (Wildman–Crippen MR) is 98.1 cm³/mol. The van der Waals surface area contributed by atoms with E-state index in [4.69, 9.17) is 0 Å². The quantitative estimate of drug-likeness (QED) is 0.741. The van der Waals surface area contributed by atoms with Gasteiger partial charge in [-0.05, 0) is 62.1 Å². The Morgan fingerprint density at radius 1 is 1.23 bits per heavy atom. The summed E-state index contributed by atoms with van der Waals surface area (Å²) in [5, 5.41) is 6.73. The summed E-state index contributed by atoms with van der Waals surface area (Å²) in [4.78, 5) is 17.0. The van der Waals surface area contributed by atoms with Gasteiger partial charge in [0.15, 0.2) is 5.82 Å². The highest BCUT2D eigenvalue weighted by Gasteiger charge is 2.24. The van der Waals surface area contributed by atoms with Crippen LogP contribution in [0, 0.1) is 5.82 Å². The topological polar surface area (TPSA) is 62.7 Å². The minimum absolute atomic E-state index is 0.0104. The van der Waals surface area contributed by atoms with Gasteiger partial charge in [0.2, 0.25) is 0 Å². The molecule has 0 amide bonds. The summed E-state index contributed by atoms with van der Waals surface area (Å²) in [6.45, 7) is 0.810. The summed E-state index contributed by atoms with van der Waals surface area (Å²) >= 11 is 0. The normalized spacial score (nSPS) is 16.4. The third-order valence-corrected chi connectivity index (χ3v) is 4.90. The zero-order chi connectivity index (χ0) is 17.9. The molecule has 1 aliphatic rings. The summed E-state index contributed by atoms with van der Waals surface area (Å²) in [6, 6.07) is 12.4. The van der Waals surface area contributed by atoms with Crippen molar-refractivity contribution in [2.75, 3.05) is 6.54 Å². The van der Waals surface area contributed by atoms with Gasteiger partial charge in [-0.2, -0.15) is 0 Å². The number of rotatable bonds is 5. The number of aromatic amines is 1. The van der Waals surface area contributed by atoms with Crippen molar-refractivity contribution in [2.45, 2.75) is 31.7 Å². The molecule has 2 N–H and O–H groups in total. The van der Waals surface area contributed by atoms with Crippen molar-refractivity contribution in [3.05, 3.63) is 81.7 Å². The number of nitrogens with zero attached hydrogens (tertiary/aromatic N) is 2. The molecule has 2 heterocycles. The van der Waals surface area contributed by atoms with Gasteiger partial charge < -0.3 is 5.32 Å². The molecule has 1 aromatic carbocycles. The Balaban J connectivity index is 1.41. The smallest absolute Gasteiger partial charge is 0.276 e. The first-order valence-electron chi connectivity index (χ1n) is 8.93. The number of hydrogen-bond donors (Lipinski definition) is 2. The van der Waals surface area contributed by atoms with Crippen molar-refractivity contribution >= 4 is 0 Å². The van der Waals surface area contributed by atoms with Crippen molar-refractivity contribution in [1.82, 2.24) is 20.1 Å². The average Bonchev–Trinajstić information content (AvgIpc) is 3.00. The van der Waals surface area contributed by atoms with E-state index in [1.165, 1.54) is 16.8 Å². The Morgan fingerprint density at radius 2 is 2.08 bits per heavy atom. The molecule has 2 aromatic heterocycles. The van der Waals surface area contributed by atoms with Crippen LogP contribution in [0.3, 0.4) is 0 Å². The van der Waals surface area contributed by atoms with Crippen LogP contribution in [0.1, 0.15) is 23.2 Å². The maximum Gasteiger partial charge on any atom is 0.276 e. The monoisotopic (exact) mass is 352 g/mol. The first-order chi connectivity index (χ1) is 12.7.